The first-order valence-electron chi connectivity index (χ1n) is 11.2. The number of benzene rings is 1. The van der Waals surface area contributed by atoms with Gasteiger partial charge < -0.3 is 10.6 Å². The number of alkyl halides is 1. The summed E-state index contributed by atoms with van der Waals surface area (Å²) < 4.78 is 13.8. The lowest BCUT2D eigenvalue weighted by Gasteiger charge is -2.41. The van der Waals surface area contributed by atoms with Gasteiger partial charge in [0.25, 0.3) is 0 Å². The second kappa shape index (κ2) is 6.55. The maximum absolute atomic E-state index is 13.8. The van der Waals surface area contributed by atoms with E-state index in [1.54, 1.807) is 0 Å². The Labute approximate surface area is 167 Å². The zero-order valence-electron chi connectivity index (χ0n) is 17.0. The van der Waals surface area contributed by atoms with Crippen LogP contribution >= 0.6 is 0 Å². The molecule has 0 radical (unpaired) electrons. The largest absolute Gasteiger partial charge is 0.353 e. The number of hydrogen-bond donors (Lipinski definition) is 2. The van der Waals surface area contributed by atoms with Crippen molar-refractivity contribution in [3.05, 3.63) is 35.9 Å². The molecule has 28 heavy (non-hydrogen) atoms. The quantitative estimate of drug-likeness (QED) is 0.802. The summed E-state index contributed by atoms with van der Waals surface area (Å²) >= 11 is 0. The van der Waals surface area contributed by atoms with Crippen molar-refractivity contribution in [3.63, 3.8) is 0 Å². The summed E-state index contributed by atoms with van der Waals surface area (Å²) in [6.07, 6.45) is 7.61. The van der Waals surface area contributed by atoms with E-state index in [0.717, 1.165) is 45.1 Å². The first kappa shape index (κ1) is 18.6. The average molecular weight is 385 g/mol. The number of halogens is 1. The standard InChI is InChI=1S/C24H33FN2O/c1-17-11-20(7-10-26-17)27-21(28)24-14-18-12-22(16-24,19-5-3-2-4-6-19)15-23(24,13-18)8-9-25/h2-6,17-18,20,26H,7-16H2,1H3,(H,27,28)/t17-,18?,20-,22+,23+,24?/m0/s1. The number of nitrogens with one attached hydrogen (secondary N) is 2. The third-order valence-electron chi connectivity index (χ3n) is 8.68. The molecule has 0 aromatic heterocycles. The van der Waals surface area contributed by atoms with Gasteiger partial charge >= 0.3 is 0 Å². The zero-order valence-corrected chi connectivity index (χ0v) is 17.0. The predicted octanol–water partition coefficient (Wildman–Crippen LogP) is 4.12. The van der Waals surface area contributed by atoms with Gasteiger partial charge in [-0.2, -0.15) is 0 Å². The van der Waals surface area contributed by atoms with Gasteiger partial charge in [0.05, 0.1) is 12.1 Å². The summed E-state index contributed by atoms with van der Waals surface area (Å²) in [5, 5.41) is 6.91. The Hall–Kier alpha value is -1.42. The molecule has 1 aromatic rings. The SMILES string of the molecule is C[C@H]1C[C@@H](NC(=O)C23CC4C[C@](c5ccccc5)(C2)C[C@@]3(CCF)C4)CCN1. The van der Waals surface area contributed by atoms with Crippen LogP contribution in [0.5, 0.6) is 0 Å². The predicted molar refractivity (Wildman–Crippen MR) is 109 cm³/mol. The van der Waals surface area contributed by atoms with Gasteiger partial charge in [-0.05, 0) is 87.1 Å². The second-order valence-corrected chi connectivity index (χ2v) is 10.3. The number of hydrogen-bond acceptors (Lipinski definition) is 2. The summed E-state index contributed by atoms with van der Waals surface area (Å²) in [4.78, 5) is 13.8. The van der Waals surface area contributed by atoms with Crippen molar-refractivity contribution < 1.29 is 9.18 Å². The topological polar surface area (TPSA) is 41.1 Å². The fourth-order valence-electron chi connectivity index (χ4n) is 7.88. The summed E-state index contributed by atoms with van der Waals surface area (Å²) in [6, 6.07) is 11.5. The van der Waals surface area contributed by atoms with Crippen LogP contribution in [0.3, 0.4) is 0 Å². The Morgan fingerprint density at radius 1 is 1.21 bits per heavy atom. The van der Waals surface area contributed by atoms with Crippen molar-refractivity contribution in [2.24, 2.45) is 16.7 Å². The third-order valence-corrected chi connectivity index (χ3v) is 8.68. The van der Waals surface area contributed by atoms with E-state index in [9.17, 15) is 9.18 Å². The Kier molecular flexibility index (Phi) is 4.35. The van der Waals surface area contributed by atoms with Crippen LogP contribution in [0.15, 0.2) is 30.3 Å². The lowest BCUT2D eigenvalue weighted by atomic mass is 9.63. The molecule has 6 rings (SSSR count). The maximum Gasteiger partial charge on any atom is 0.227 e. The van der Waals surface area contributed by atoms with Gasteiger partial charge in [0.2, 0.25) is 5.91 Å². The van der Waals surface area contributed by atoms with Crippen molar-refractivity contribution in [3.8, 4) is 0 Å². The van der Waals surface area contributed by atoms with Crippen LogP contribution in [0.2, 0.25) is 0 Å². The van der Waals surface area contributed by atoms with E-state index in [-0.39, 0.29) is 34.9 Å². The fourth-order valence-corrected chi connectivity index (χ4v) is 7.88. The molecule has 152 valence electrons. The summed E-state index contributed by atoms with van der Waals surface area (Å²) in [7, 11) is 0. The Bertz CT molecular complexity index is 754. The molecule has 1 saturated heterocycles. The normalized spacial score (nSPS) is 44.0. The van der Waals surface area contributed by atoms with Gasteiger partial charge in [-0.15, -0.1) is 0 Å². The molecule has 1 amide bonds. The Morgan fingerprint density at radius 3 is 2.79 bits per heavy atom. The van der Waals surface area contributed by atoms with E-state index in [4.69, 9.17) is 0 Å². The molecule has 2 unspecified atom stereocenters. The lowest BCUT2D eigenvalue weighted by Crippen LogP contribution is -2.53. The molecule has 1 aromatic carbocycles. The van der Waals surface area contributed by atoms with E-state index < -0.39 is 0 Å². The van der Waals surface area contributed by atoms with Crippen LogP contribution in [0.1, 0.15) is 63.9 Å². The molecule has 4 bridgehead atoms. The molecular formula is C24H33FN2O. The van der Waals surface area contributed by atoms with E-state index >= 15 is 0 Å². The third kappa shape index (κ3) is 2.59. The Balaban J connectivity index is 1.48. The minimum atomic E-state index is -0.369. The maximum atomic E-state index is 13.8. The molecule has 5 aliphatic rings. The van der Waals surface area contributed by atoms with E-state index in [1.807, 2.05) is 0 Å². The van der Waals surface area contributed by atoms with Crippen LogP contribution in [0.25, 0.3) is 0 Å². The number of piperidine rings is 1. The number of rotatable bonds is 5. The molecule has 1 aliphatic heterocycles. The fraction of sp³-hybridized carbons (Fsp3) is 0.708. The van der Waals surface area contributed by atoms with Crippen molar-refractivity contribution in [1.29, 1.82) is 0 Å². The number of amides is 1. The van der Waals surface area contributed by atoms with Crippen LogP contribution < -0.4 is 10.6 Å². The molecule has 0 spiro atoms. The van der Waals surface area contributed by atoms with Gasteiger partial charge in [0.15, 0.2) is 0 Å². The molecule has 4 heteroatoms. The molecule has 4 saturated carbocycles. The van der Waals surface area contributed by atoms with Gasteiger partial charge in [-0.3, -0.25) is 9.18 Å². The van der Waals surface area contributed by atoms with Crippen LogP contribution in [-0.2, 0) is 10.2 Å². The first-order chi connectivity index (χ1) is 13.5. The highest BCUT2D eigenvalue weighted by Gasteiger charge is 2.74. The van der Waals surface area contributed by atoms with E-state index in [0.29, 0.717) is 18.4 Å². The molecule has 2 N–H and O–H groups in total. The van der Waals surface area contributed by atoms with Gasteiger partial charge in [-0.25, -0.2) is 0 Å². The molecule has 5 fully saturated rings. The van der Waals surface area contributed by atoms with Crippen molar-refractivity contribution in [2.75, 3.05) is 13.2 Å². The molecular weight excluding hydrogens is 351 g/mol. The highest BCUT2D eigenvalue weighted by molar-refractivity contribution is 5.86. The van der Waals surface area contributed by atoms with Crippen molar-refractivity contribution in [2.45, 2.75) is 75.8 Å². The average Bonchev–Trinajstić information content (AvgIpc) is 3.02. The number of carbonyl (C=O) groups excluding carboxylic acids is 1. The highest BCUT2D eigenvalue weighted by Crippen LogP contribution is 2.77. The summed E-state index contributed by atoms with van der Waals surface area (Å²) in [6.45, 7) is 2.84. The summed E-state index contributed by atoms with van der Waals surface area (Å²) in [5.41, 5.74) is 0.915. The summed E-state index contributed by atoms with van der Waals surface area (Å²) in [5.74, 6) is 0.798. The van der Waals surface area contributed by atoms with Crippen LogP contribution in [-0.4, -0.2) is 31.2 Å². The second-order valence-electron chi connectivity index (χ2n) is 10.3. The molecule has 6 atom stereocenters. The van der Waals surface area contributed by atoms with Crippen molar-refractivity contribution in [1.82, 2.24) is 10.6 Å². The van der Waals surface area contributed by atoms with Crippen LogP contribution in [0.4, 0.5) is 4.39 Å². The Morgan fingerprint density at radius 2 is 2.04 bits per heavy atom. The monoisotopic (exact) mass is 384 g/mol. The van der Waals surface area contributed by atoms with E-state index in [2.05, 4.69) is 47.9 Å². The lowest BCUT2D eigenvalue weighted by molar-refractivity contribution is -0.137. The van der Waals surface area contributed by atoms with Gasteiger partial charge in [0.1, 0.15) is 0 Å². The van der Waals surface area contributed by atoms with Gasteiger partial charge in [-0.1, -0.05) is 30.3 Å². The number of carbonyl (C=O) groups is 1. The minimum absolute atomic E-state index is 0.0658. The highest BCUT2D eigenvalue weighted by atomic mass is 19.1. The van der Waals surface area contributed by atoms with Gasteiger partial charge in [0, 0.05) is 12.1 Å². The smallest absolute Gasteiger partial charge is 0.227 e. The molecule has 3 nitrogen and oxygen atoms in total. The molecule has 1 heterocycles. The minimum Gasteiger partial charge on any atom is -0.353 e. The van der Waals surface area contributed by atoms with Crippen LogP contribution in [0, 0.1) is 16.7 Å². The van der Waals surface area contributed by atoms with Crippen molar-refractivity contribution >= 4 is 5.91 Å². The molecule has 4 aliphatic carbocycles. The zero-order chi connectivity index (χ0) is 19.4. The first-order valence-corrected chi connectivity index (χ1v) is 11.2. The van der Waals surface area contributed by atoms with E-state index in [1.165, 1.54) is 12.0 Å².